The molecule has 0 fully saturated rings. The summed E-state index contributed by atoms with van der Waals surface area (Å²) in [5, 5.41) is 11.0. The standard InChI is InChI=1S/C11H8ClN3O3/c12-10-2-1-9(15(17)18)5-8(10)6-14-7-13-4-3-11(14)16/h1-5,7H,6H2. The van der Waals surface area contributed by atoms with Crippen LogP contribution in [0, 0.1) is 10.1 Å². The molecule has 18 heavy (non-hydrogen) atoms. The predicted molar refractivity (Wildman–Crippen MR) is 65.7 cm³/mol. The lowest BCUT2D eigenvalue weighted by molar-refractivity contribution is -0.384. The van der Waals surface area contributed by atoms with Crippen molar-refractivity contribution in [1.82, 2.24) is 9.55 Å². The van der Waals surface area contributed by atoms with Crippen molar-refractivity contribution >= 4 is 17.3 Å². The zero-order chi connectivity index (χ0) is 13.1. The first kappa shape index (κ1) is 12.3. The van der Waals surface area contributed by atoms with Crippen LogP contribution in [0.15, 0.2) is 41.6 Å². The average molecular weight is 266 g/mol. The topological polar surface area (TPSA) is 78.0 Å². The van der Waals surface area contributed by atoms with Crippen molar-refractivity contribution in [2.75, 3.05) is 0 Å². The van der Waals surface area contributed by atoms with Gasteiger partial charge in [-0.25, -0.2) is 4.98 Å². The van der Waals surface area contributed by atoms with Crippen LogP contribution in [0.4, 0.5) is 5.69 Å². The Morgan fingerprint density at radius 2 is 2.17 bits per heavy atom. The SMILES string of the molecule is O=c1ccncn1Cc1cc([N+](=O)[O-])ccc1Cl. The summed E-state index contributed by atoms with van der Waals surface area (Å²) in [5.74, 6) is 0. The van der Waals surface area contributed by atoms with Crippen molar-refractivity contribution in [1.29, 1.82) is 0 Å². The van der Waals surface area contributed by atoms with E-state index < -0.39 is 4.92 Å². The van der Waals surface area contributed by atoms with E-state index in [4.69, 9.17) is 11.6 Å². The molecule has 0 radical (unpaired) electrons. The molecule has 0 spiro atoms. The zero-order valence-corrected chi connectivity index (χ0v) is 9.87. The van der Waals surface area contributed by atoms with Gasteiger partial charge in [-0.15, -0.1) is 0 Å². The smallest absolute Gasteiger partial charge is 0.269 e. The molecule has 2 aromatic rings. The lowest BCUT2D eigenvalue weighted by Gasteiger charge is -2.06. The highest BCUT2D eigenvalue weighted by molar-refractivity contribution is 6.31. The van der Waals surface area contributed by atoms with Gasteiger partial charge in [0, 0.05) is 29.4 Å². The molecular formula is C11H8ClN3O3. The molecule has 0 saturated carbocycles. The molecule has 1 aromatic carbocycles. The van der Waals surface area contributed by atoms with Crippen molar-refractivity contribution in [3.05, 3.63) is 67.8 Å². The number of hydrogen-bond acceptors (Lipinski definition) is 4. The van der Waals surface area contributed by atoms with Crippen molar-refractivity contribution in [3.8, 4) is 0 Å². The van der Waals surface area contributed by atoms with E-state index in [2.05, 4.69) is 4.98 Å². The number of nitro benzene ring substituents is 1. The molecule has 0 atom stereocenters. The van der Waals surface area contributed by atoms with Gasteiger partial charge in [-0.2, -0.15) is 0 Å². The van der Waals surface area contributed by atoms with Crippen LogP contribution in [0.2, 0.25) is 5.02 Å². The number of nitrogens with zero attached hydrogens (tertiary/aromatic N) is 3. The number of non-ortho nitro benzene ring substituents is 1. The molecule has 6 nitrogen and oxygen atoms in total. The summed E-state index contributed by atoms with van der Waals surface area (Å²) in [6.07, 6.45) is 2.74. The Morgan fingerprint density at radius 3 is 2.83 bits per heavy atom. The number of benzene rings is 1. The van der Waals surface area contributed by atoms with E-state index >= 15 is 0 Å². The van der Waals surface area contributed by atoms with Gasteiger partial charge < -0.3 is 0 Å². The second kappa shape index (κ2) is 4.97. The van der Waals surface area contributed by atoms with Gasteiger partial charge in [-0.05, 0) is 11.6 Å². The Kier molecular flexibility index (Phi) is 3.38. The maximum Gasteiger partial charge on any atom is 0.269 e. The van der Waals surface area contributed by atoms with Gasteiger partial charge in [-0.1, -0.05) is 11.6 Å². The minimum atomic E-state index is -0.508. The van der Waals surface area contributed by atoms with Gasteiger partial charge in [0.25, 0.3) is 11.2 Å². The Labute approximate surface area is 107 Å². The highest BCUT2D eigenvalue weighted by atomic mass is 35.5. The summed E-state index contributed by atoms with van der Waals surface area (Å²) < 4.78 is 1.32. The van der Waals surface area contributed by atoms with E-state index in [-0.39, 0.29) is 17.8 Å². The number of aromatic nitrogens is 2. The van der Waals surface area contributed by atoms with Gasteiger partial charge in [0.15, 0.2) is 0 Å². The van der Waals surface area contributed by atoms with Crippen molar-refractivity contribution in [3.63, 3.8) is 0 Å². The Morgan fingerprint density at radius 1 is 1.39 bits per heavy atom. The maximum atomic E-state index is 11.5. The molecule has 1 aromatic heterocycles. The molecular weight excluding hydrogens is 258 g/mol. The van der Waals surface area contributed by atoms with Crippen LogP contribution in [0.1, 0.15) is 5.56 Å². The van der Waals surface area contributed by atoms with E-state index in [1.54, 1.807) is 0 Å². The monoisotopic (exact) mass is 265 g/mol. The Balaban J connectivity index is 2.40. The molecule has 0 amide bonds. The Bertz CT molecular complexity index is 654. The number of rotatable bonds is 3. The molecule has 1 heterocycles. The zero-order valence-electron chi connectivity index (χ0n) is 9.12. The van der Waals surface area contributed by atoms with Crippen LogP contribution in [-0.4, -0.2) is 14.5 Å². The van der Waals surface area contributed by atoms with Crippen LogP contribution >= 0.6 is 11.6 Å². The van der Waals surface area contributed by atoms with Crippen molar-refractivity contribution in [2.24, 2.45) is 0 Å². The maximum absolute atomic E-state index is 11.5. The third-order valence-electron chi connectivity index (χ3n) is 2.37. The van der Waals surface area contributed by atoms with Crippen LogP contribution in [0.3, 0.4) is 0 Å². The van der Waals surface area contributed by atoms with Gasteiger partial charge in [0.2, 0.25) is 0 Å². The van der Waals surface area contributed by atoms with Gasteiger partial charge in [-0.3, -0.25) is 19.5 Å². The molecule has 7 heteroatoms. The second-order valence-corrected chi connectivity index (χ2v) is 3.99. The minimum absolute atomic E-state index is 0.0636. The third-order valence-corrected chi connectivity index (χ3v) is 2.74. The van der Waals surface area contributed by atoms with E-state index in [1.165, 1.54) is 41.4 Å². The second-order valence-electron chi connectivity index (χ2n) is 3.58. The third kappa shape index (κ3) is 2.54. The summed E-state index contributed by atoms with van der Waals surface area (Å²) in [7, 11) is 0. The fourth-order valence-electron chi connectivity index (χ4n) is 1.48. The van der Waals surface area contributed by atoms with Crippen LogP contribution in [0.5, 0.6) is 0 Å². The van der Waals surface area contributed by atoms with E-state index in [0.717, 1.165) is 0 Å². The molecule has 0 saturated heterocycles. The summed E-state index contributed by atoms with van der Waals surface area (Å²) >= 11 is 5.94. The summed E-state index contributed by atoms with van der Waals surface area (Å²) in [6.45, 7) is 0.146. The number of hydrogen-bond donors (Lipinski definition) is 0. The minimum Gasteiger partial charge on any atom is -0.295 e. The van der Waals surface area contributed by atoms with Crippen LogP contribution < -0.4 is 5.56 Å². The molecule has 0 aliphatic carbocycles. The molecule has 92 valence electrons. The largest absolute Gasteiger partial charge is 0.295 e. The van der Waals surface area contributed by atoms with Crippen molar-refractivity contribution in [2.45, 2.75) is 6.54 Å². The molecule has 2 rings (SSSR count). The van der Waals surface area contributed by atoms with E-state index in [0.29, 0.717) is 10.6 Å². The van der Waals surface area contributed by atoms with Gasteiger partial charge >= 0.3 is 0 Å². The first-order chi connectivity index (χ1) is 8.58. The normalized spacial score (nSPS) is 10.3. The van der Waals surface area contributed by atoms with E-state index in [9.17, 15) is 14.9 Å². The average Bonchev–Trinajstić information content (AvgIpc) is 2.34. The molecule has 0 bridgehead atoms. The van der Waals surface area contributed by atoms with Crippen molar-refractivity contribution < 1.29 is 4.92 Å². The number of halogens is 1. The fraction of sp³-hybridized carbons (Fsp3) is 0.0909. The lowest BCUT2D eigenvalue weighted by Crippen LogP contribution is -2.19. The number of nitro groups is 1. The van der Waals surface area contributed by atoms with E-state index in [1.807, 2.05) is 0 Å². The highest BCUT2D eigenvalue weighted by Gasteiger charge is 2.10. The summed E-state index contributed by atoms with van der Waals surface area (Å²) in [4.78, 5) is 25.5. The highest BCUT2D eigenvalue weighted by Crippen LogP contribution is 2.22. The van der Waals surface area contributed by atoms with Crippen LogP contribution in [0.25, 0.3) is 0 Å². The first-order valence-electron chi connectivity index (χ1n) is 5.01. The Hall–Kier alpha value is -2.21. The van der Waals surface area contributed by atoms with Gasteiger partial charge in [0.1, 0.15) is 0 Å². The summed E-state index contributed by atoms with van der Waals surface area (Å²) in [5.41, 5.74) is 0.194. The first-order valence-corrected chi connectivity index (χ1v) is 5.39. The quantitative estimate of drug-likeness (QED) is 0.627. The predicted octanol–water partition coefficient (Wildman–Crippen LogP) is 1.85. The molecule has 0 aliphatic rings. The van der Waals surface area contributed by atoms with Gasteiger partial charge in [0.05, 0.1) is 17.8 Å². The molecule has 0 aliphatic heterocycles. The summed E-state index contributed by atoms with van der Waals surface area (Å²) in [6, 6.07) is 5.42. The molecule has 0 unspecified atom stereocenters. The molecule has 0 N–H and O–H groups in total. The lowest BCUT2D eigenvalue weighted by atomic mass is 10.2. The fourth-order valence-corrected chi connectivity index (χ4v) is 1.65. The van der Waals surface area contributed by atoms with Crippen LogP contribution in [-0.2, 0) is 6.54 Å².